The summed E-state index contributed by atoms with van der Waals surface area (Å²) >= 11 is 7.76. The van der Waals surface area contributed by atoms with Crippen molar-refractivity contribution in [1.29, 1.82) is 0 Å². The monoisotopic (exact) mass is 480 g/mol. The molecular formula is C23H29ClN2O3S2. The van der Waals surface area contributed by atoms with Gasteiger partial charge in [-0.15, -0.1) is 0 Å². The quantitative estimate of drug-likeness (QED) is 0.545. The van der Waals surface area contributed by atoms with Crippen molar-refractivity contribution in [3.8, 4) is 0 Å². The molecule has 3 rings (SSSR count). The Morgan fingerprint density at radius 2 is 1.90 bits per heavy atom. The largest absolute Gasteiger partial charge is 0.355 e. The molecule has 2 aromatic carbocycles. The van der Waals surface area contributed by atoms with Gasteiger partial charge in [0.2, 0.25) is 15.9 Å². The van der Waals surface area contributed by atoms with E-state index in [1.807, 2.05) is 12.1 Å². The van der Waals surface area contributed by atoms with Crippen LogP contribution in [0.3, 0.4) is 0 Å². The lowest BCUT2D eigenvalue weighted by molar-refractivity contribution is -0.125. The van der Waals surface area contributed by atoms with Gasteiger partial charge >= 0.3 is 0 Å². The zero-order chi connectivity index (χ0) is 22.3. The Morgan fingerprint density at radius 3 is 2.61 bits per heavy atom. The Hall–Kier alpha value is -1.54. The second kappa shape index (κ2) is 11.4. The van der Waals surface area contributed by atoms with Crippen LogP contribution in [0.4, 0.5) is 0 Å². The lowest BCUT2D eigenvalue weighted by atomic mass is 9.97. The zero-order valence-electron chi connectivity index (χ0n) is 17.7. The minimum absolute atomic E-state index is 0.0309. The van der Waals surface area contributed by atoms with Crippen molar-refractivity contribution in [3.63, 3.8) is 0 Å². The van der Waals surface area contributed by atoms with Crippen LogP contribution in [0.15, 0.2) is 48.5 Å². The van der Waals surface area contributed by atoms with Gasteiger partial charge in [0.15, 0.2) is 0 Å². The normalized spacial score (nSPS) is 15.7. The van der Waals surface area contributed by atoms with Crippen molar-refractivity contribution in [1.82, 2.24) is 9.62 Å². The van der Waals surface area contributed by atoms with Gasteiger partial charge in [-0.1, -0.05) is 48.0 Å². The van der Waals surface area contributed by atoms with Crippen LogP contribution in [0, 0.1) is 12.8 Å². The zero-order valence-corrected chi connectivity index (χ0v) is 20.1. The number of aryl methyl sites for hydroxylation is 1. The molecule has 1 N–H and O–H groups in total. The SMILES string of the molecule is Cc1ccccc1CSCCNC(=O)C1CCN(S(=O)(=O)Cc2cccc(Cl)c2)CC1. The number of thioether (sulfide) groups is 1. The number of benzene rings is 2. The number of sulfonamides is 1. The van der Waals surface area contributed by atoms with Crippen molar-refractivity contribution in [2.24, 2.45) is 5.92 Å². The molecule has 31 heavy (non-hydrogen) atoms. The number of carbonyl (C=O) groups is 1. The number of halogens is 1. The first kappa shape index (κ1) is 24.1. The summed E-state index contributed by atoms with van der Waals surface area (Å²) in [5, 5.41) is 3.54. The maximum Gasteiger partial charge on any atom is 0.223 e. The molecule has 1 aliphatic rings. The van der Waals surface area contributed by atoms with Gasteiger partial charge in [0, 0.05) is 42.1 Å². The molecule has 0 aromatic heterocycles. The van der Waals surface area contributed by atoms with Crippen molar-refractivity contribution in [2.45, 2.75) is 31.3 Å². The van der Waals surface area contributed by atoms with Crippen LogP contribution in [0.5, 0.6) is 0 Å². The molecule has 1 aliphatic heterocycles. The molecule has 0 saturated carbocycles. The van der Waals surface area contributed by atoms with Crippen LogP contribution in [0.2, 0.25) is 5.02 Å². The molecule has 1 fully saturated rings. The maximum absolute atomic E-state index is 12.7. The molecule has 2 aromatic rings. The molecule has 5 nitrogen and oxygen atoms in total. The summed E-state index contributed by atoms with van der Waals surface area (Å²) in [5.74, 6) is 1.63. The first-order valence-electron chi connectivity index (χ1n) is 10.5. The van der Waals surface area contributed by atoms with Crippen molar-refractivity contribution < 1.29 is 13.2 Å². The summed E-state index contributed by atoms with van der Waals surface area (Å²) < 4.78 is 26.9. The number of carbonyl (C=O) groups excluding carboxylic acids is 1. The maximum atomic E-state index is 12.7. The minimum Gasteiger partial charge on any atom is -0.355 e. The van der Waals surface area contributed by atoms with Crippen molar-refractivity contribution in [2.75, 3.05) is 25.4 Å². The molecule has 1 heterocycles. The standard InChI is InChI=1S/C23H29ClN2O3S2/c1-18-5-2-3-7-21(18)16-30-14-11-25-23(27)20-9-12-26(13-10-20)31(28,29)17-19-6-4-8-22(24)15-19/h2-8,15,20H,9-14,16-17H2,1H3,(H,25,27). The molecule has 168 valence electrons. The first-order valence-corrected chi connectivity index (χ1v) is 13.6. The molecule has 0 unspecified atom stereocenters. The number of amides is 1. The lowest BCUT2D eigenvalue weighted by Gasteiger charge is -2.30. The minimum atomic E-state index is -3.42. The topological polar surface area (TPSA) is 66.5 Å². The van der Waals surface area contributed by atoms with Crippen LogP contribution >= 0.6 is 23.4 Å². The highest BCUT2D eigenvalue weighted by Crippen LogP contribution is 2.23. The molecule has 8 heteroatoms. The average Bonchev–Trinajstić information content (AvgIpc) is 2.74. The van der Waals surface area contributed by atoms with Gasteiger partial charge < -0.3 is 5.32 Å². The van der Waals surface area contributed by atoms with Gasteiger partial charge in [0.05, 0.1) is 5.75 Å². The highest BCUT2D eigenvalue weighted by molar-refractivity contribution is 7.98. The number of rotatable bonds is 9. The second-order valence-corrected chi connectivity index (χ2v) is 11.3. The summed E-state index contributed by atoms with van der Waals surface area (Å²) in [6, 6.07) is 15.3. The molecule has 0 aliphatic carbocycles. The Balaban J connectivity index is 1.37. The van der Waals surface area contributed by atoms with E-state index in [1.165, 1.54) is 15.4 Å². The van der Waals surface area contributed by atoms with Gasteiger partial charge in [-0.3, -0.25) is 4.79 Å². The number of nitrogens with one attached hydrogen (secondary N) is 1. The van der Waals surface area contributed by atoms with E-state index in [-0.39, 0.29) is 17.6 Å². The average molecular weight is 481 g/mol. The van der Waals surface area contributed by atoms with E-state index >= 15 is 0 Å². The summed E-state index contributed by atoms with van der Waals surface area (Å²) in [6.45, 7) is 3.49. The fourth-order valence-corrected chi connectivity index (χ4v) is 6.37. The van der Waals surface area contributed by atoms with Crippen LogP contribution in [0.1, 0.15) is 29.5 Å². The van der Waals surface area contributed by atoms with Crippen LogP contribution in [0.25, 0.3) is 0 Å². The third-order valence-electron chi connectivity index (χ3n) is 5.52. The molecule has 0 bridgehead atoms. The molecular weight excluding hydrogens is 452 g/mol. The predicted molar refractivity (Wildman–Crippen MR) is 129 cm³/mol. The smallest absolute Gasteiger partial charge is 0.223 e. The van der Waals surface area contributed by atoms with E-state index < -0.39 is 10.0 Å². The van der Waals surface area contributed by atoms with Crippen molar-refractivity contribution >= 4 is 39.3 Å². The van der Waals surface area contributed by atoms with Gasteiger partial charge in [-0.25, -0.2) is 12.7 Å². The summed E-state index contributed by atoms with van der Waals surface area (Å²) in [7, 11) is -3.42. The van der Waals surface area contributed by atoms with Crippen molar-refractivity contribution in [3.05, 3.63) is 70.2 Å². The third kappa shape index (κ3) is 7.24. The Kier molecular flexibility index (Phi) is 8.84. The van der Waals surface area contributed by atoms with E-state index in [4.69, 9.17) is 11.6 Å². The summed E-state index contributed by atoms with van der Waals surface area (Å²) in [6.07, 6.45) is 1.11. The summed E-state index contributed by atoms with van der Waals surface area (Å²) in [5.41, 5.74) is 3.29. The fourth-order valence-electron chi connectivity index (χ4n) is 3.67. The Morgan fingerprint density at radius 1 is 1.16 bits per heavy atom. The first-order chi connectivity index (χ1) is 14.8. The van der Waals surface area contributed by atoms with Gasteiger partial charge in [-0.05, 0) is 48.6 Å². The second-order valence-electron chi connectivity index (χ2n) is 7.83. The molecule has 0 atom stereocenters. The third-order valence-corrected chi connectivity index (χ3v) is 8.61. The van der Waals surface area contributed by atoms with E-state index in [0.717, 1.165) is 11.5 Å². The van der Waals surface area contributed by atoms with Gasteiger partial charge in [-0.2, -0.15) is 11.8 Å². The molecule has 1 amide bonds. The van der Waals surface area contributed by atoms with Crippen LogP contribution in [-0.4, -0.2) is 44.0 Å². The molecule has 0 radical (unpaired) electrons. The van der Waals surface area contributed by atoms with E-state index in [2.05, 4.69) is 24.4 Å². The van der Waals surface area contributed by atoms with E-state index in [1.54, 1.807) is 36.0 Å². The summed E-state index contributed by atoms with van der Waals surface area (Å²) in [4.78, 5) is 12.5. The number of nitrogens with zero attached hydrogens (tertiary/aromatic N) is 1. The lowest BCUT2D eigenvalue weighted by Crippen LogP contribution is -2.43. The van der Waals surface area contributed by atoms with E-state index in [0.29, 0.717) is 43.1 Å². The van der Waals surface area contributed by atoms with Gasteiger partial charge in [0.1, 0.15) is 0 Å². The Bertz CT molecular complexity index is 990. The number of hydrogen-bond donors (Lipinski definition) is 1. The van der Waals surface area contributed by atoms with E-state index in [9.17, 15) is 13.2 Å². The van der Waals surface area contributed by atoms with Crippen LogP contribution < -0.4 is 5.32 Å². The predicted octanol–water partition coefficient (Wildman–Crippen LogP) is 4.24. The highest BCUT2D eigenvalue weighted by Gasteiger charge is 2.31. The highest BCUT2D eigenvalue weighted by atomic mass is 35.5. The van der Waals surface area contributed by atoms with Crippen LogP contribution in [-0.2, 0) is 26.3 Å². The Labute approximate surface area is 194 Å². The van der Waals surface area contributed by atoms with Gasteiger partial charge in [0.25, 0.3) is 0 Å². The molecule has 1 saturated heterocycles. The fraction of sp³-hybridized carbons (Fsp3) is 0.435. The number of piperidine rings is 1. The molecule has 0 spiro atoms. The number of hydrogen-bond acceptors (Lipinski definition) is 4.